The summed E-state index contributed by atoms with van der Waals surface area (Å²) in [6, 6.07) is 7.81. The maximum atomic E-state index is 13.6. The molecular formula is C24H29ClN4O5S. The summed E-state index contributed by atoms with van der Waals surface area (Å²) >= 11 is 5.93. The number of likely N-dealkylation sites (N-methyl/N-ethyl adjacent to an activating group) is 1. The molecule has 3 rings (SSSR count). The number of pyridine rings is 1. The molecule has 2 aromatic rings. The van der Waals surface area contributed by atoms with Gasteiger partial charge in [0.1, 0.15) is 17.2 Å². The first-order valence-electron chi connectivity index (χ1n) is 11.1. The van der Waals surface area contributed by atoms with Crippen LogP contribution in [0.2, 0.25) is 5.02 Å². The first-order chi connectivity index (χ1) is 16.5. The van der Waals surface area contributed by atoms with E-state index in [0.29, 0.717) is 52.8 Å². The largest absolute Gasteiger partial charge is 0.480 e. The number of rotatable bonds is 8. The molecule has 1 fully saturated rings. The zero-order valence-electron chi connectivity index (χ0n) is 19.8. The molecule has 1 aromatic carbocycles. The molecule has 0 aliphatic heterocycles. The van der Waals surface area contributed by atoms with Crippen molar-refractivity contribution in [2.24, 2.45) is 10.7 Å². The SMILES string of the molecule is CC(C)c1cc(S(=O)(=O)N(C)[C@@H]2CCCC(=NCC(=O)O)C2=CN)cnc1Oc1ccc(Cl)cc1. The Balaban J connectivity index is 1.93. The van der Waals surface area contributed by atoms with Crippen molar-refractivity contribution in [2.45, 2.75) is 50.0 Å². The van der Waals surface area contributed by atoms with Gasteiger partial charge in [-0.2, -0.15) is 4.31 Å². The van der Waals surface area contributed by atoms with Crippen LogP contribution in [0.3, 0.4) is 0 Å². The predicted molar refractivity (Wildman–Crippen MR) is 135 cm³/mol. The summed E-state index contributed by atoms with van der Waals surface area (Å²) in [5.74, 6) is -0.281. The number of carboxylic acid groups (broad SMARTS) is 1. The molecular weight excluding hydrogens is 492 g/mol. The molecule has 0 spiro atoms. The lowest BCUT2D eigenvalue weighted by molar-refractivity contribution is -0.135. The van der Waals surface area contributed by atoms with Crippen molar-refractivity contribution in [2.75, 3.05) is 13.6 Å². The summed E-state index contributed by atoms with van der Waals surface area (Å²) < 4.78 is 34.3. The summed E-state index contributed by atoms with van der Waals surface area (Å²) in [5.41, 5.74) is 7.49. The van der Waals surface area contributed by atoms with Gasteiger partial charge in [-0.3, -0.25) is 9.79 Å². The van der Waals surface area contributed by atoms with Crippen LogP contribution in [0.4, 0.5) is 0 Å². The number of hydrogen-bond donors (Lipinski definition) is 2. The number of nitrogens with two attached hydrogens (primary N) is 1. The van der Waals surface area contributed by atoms with E-state index in [4.69, 9.17) is 27.2 Å². The van der Waals surface area contributed by atoms with E-state index in [0.717, 1.165) is 0 Å². The van der Waals surface area contributed by atoms with Crippen molar-refractivity contribution in [3.8, 4) is 11.6 Å². The lowest BCUT2D eigenvalue weighted by Gasteiger charge is -2.33. The lowest BCUT2D eigenvalue weighted by atomic mass is 9.88. The third-order valence-corrected chi connectivity index (χ3v) is 7.87. The monoisotopic (exact) mass is 520 g/mol. The van der Waals surface area contributed by atoms with E-state index in [2.05, 4.69) is 9.98 Å². The molecule has 35 heavy (non-hydrogen) atoms. The van der Waals surface area contributed by atoms with Gasteiger partial charge in [-0.15, -0.1) is 0 Å². The molecule has 188 valence electrons. The molecule has 9 nitrogen and oxygen atoms in total. The summed E-state index contributed by atoms with van der Waals surface area (Å²) in [6.45, 7) is 3.45. The van der Waals surface area contributed by atoms with Gasteiger partial charge in [-0.25, -0.2) is 13.4 Å². The maximum absolute atomic E-state index is 13.6. The molecule has 0 amide bonds. The number of hydrogen-bond acceptors (Lipinski definition) is 7. The number of halogens is 1. The van der Waals surface area contributed by atoms with Crippen LogP contribution in [0.25, 0.3) is 0 Å². The number of carbonyl (C=O) groups is 1. The minimum absolute atomic E-state index is 0.0260. The van der Waals surface area contributed by atoms with Gasteiger partial charge >= 0.3 is 5.97 Å². The Labute approximate surface area is 210 Å². The second-order valence-corrected chi connectivity index (χ2v) is 10.9. The molecule has 0 bridgehead atoms. The fourth-order valence-electron chi connectivity index (χ4n) is 3.91. The van der Waals surface area contributed by atoms with Crippen LogP contribution >= 0.6 is 11.6 Å². The normalized spacial score (nSPS) is 19.0. The molecule has 11 heteroatoms. The Morgan fingerprint density at radius 3 is 2.66 bits per heavy atom. The summed E-state index contributed by atoms with van der Waals surface area (Å²) in [4.78, 5) is 19.4. The van der Waals surface area contributed by atoms with Crippen molar-refractivity contribution in [3.63, 3.8) is 0 Å². The van der Waals surface area contributed by atoms with Gasteiger partial charge in [0.2, 0.25) is 15.9 Å². The average molecular weight is 521 g/mol. The van der Waals surface area contributed by atoms with Crippen LogP contribution in [-0.2, 0) is 14.8 Å². The second-order valence-electron chi connectivity index (χ2n) is 8.48. The molecule has 0 saturated heterocycles. The standard InChI is InChI=1S/C24H29ClN4O5S/c1-15(2)19-11-18(13-28-24(19)34-17-9-7-16(25)8-10-17)35(32,33)29(3)22-6-4-5-21(20(22)12-26)27-14-23(30)31/h7-13,15,22H,4-6,14,26H2,1-3H3,(H,30,31)/t22-/m1/s1. The Morgan fingerprint density at radius 1 is 1.37 bits per heavy atom. The van der Waals surface area contributed by atoms with E-state index in [-0.39, 0.29) is 10.8 Å². The Hall–Kier alpha value is -2.95. The van der Waals surface area contributed by atoms with Gasteiger partial charge in [0.15, 0.2) is 0 Å². The first-order valence-corrected chi connectivity index (χ1v) is 12.9. The molecule has 3 N–H and O–H groups in total. The van der Waals surface area contributed by atoms with Crippen molar-refractivity contribution in [3.05, 3.63) is 58.9 Å². The highest BCUT2D eigenvalue weighted by molar-refractivity contribution is 7.89. The third kappa shape index (κ3) is 6.19. The number of carboxylic acids is 1. The Bertz CT molecular complexity index is 1240. The fraction of sp³-hybridized carbons (Fsp3) is 0.375. The number of aromatic nitrogens is 1. The molecule has 1 aromatic heterocycles. The van der Waals surface area contributed by atoms with Gasteiger partial charge in [-0.05, 0) is 55.5 Å². The molecule has 0 unspecified atom stereocenters. The number of nitrogens with zero attached hydrogens (tertiary/aromatic N) is 3. The topological polar surface area (TPSA) is 135 Å². The van der Waals surface area contributed by atoms with E-state index in [1.165, 1.54) is 23.7 Å². The number of sulfonamides is 1. The highest BCUT2D eigenvalue weighted by atomic mass is 35.5. The highest BCUT2D eigenvalue weighted by Gasteiger charge is 2.35. The quantitative estimate of drug-likeness (QED) is 0.532. The van der Waals surface area contributed by atoms with E-state index in [9.17, 15) is 13.2 Å². The van der Waals surface area contributed by atoms with E-state index in [1.54, 1.807) is 30.3 Å². The van der Waals surface area contributed by atoms with Gasteiger partial charge in [0.25, 0.3) is 0 Å². The average Bonchev–Trinajstić information content (AvgIpc) is 2.83. The van der Waals surface area contributed by atoms with E-state index < -0.39 is 28.6 Å². The van der Waals surface area contributed by atoms with Gasteiger partial charge in [0, 0.05) is 35.1 Å². The molecule has 1 aliphatic rings. The molecule has 1 heterocycles. The van der Waals surface area contributed by atoms with Crippen molar-refractivity contribution in [1.82, 2.24) is 9.29 Å². The summed E-state index contributed by atoms with van der Waals surface area (Å²) in [5, 5.41) is 9.54. The van der Waals surface area contributed by atoms with Crippen molar-refractivity contribution in [1.29, 1.82) is 0 Å². The van der Waals surface area contributed by atoms with Crippen molar-refractivity contribution >= 4 is 33.3 Å². The zero-order valence-corrected chi connectivity index (χ0v) is 21.4. The fourth-order valence-corrected chi connectivity index (χ4v) is 5.38. The summed E-state index contributed by atoms with van der Waals surface area (Å²) in [6.07, 6.45) is 4.32. The number of aliphatic carboxylic acids is 1. The van der Waals surface area contributed by atoms with E-state index in [1.807, 2.05) is 13.8 Å². The zero-order chi connectivity index (χ0) is 25.8. The van der Waals surface area contributed by atoms with Crippen LogP contribution in [0.15, 0.2) is 58.2 Å². The predicted octanol–water partition coefficient (Wildman–Crippen LogP) is 4.19. The summed E-state index contributed by atoms with van der Waals surface area (Å²) in [7, 11) is -2.47. The Kier molecular flexibility index (Phi) is 8.52. The van der Waals surface area contributed by atoms with Gasteiger partial charge in [0.05, 0.1) is 12.2 Å². The van der Waals surface area contributed by atoms with Gasteiger partial charge in [-0.1, -0.05) is 25.4 Å². The smallest absolute Gasteiger partial charge is 0.325 e. The number of aliphatic imine (C=N–C) groups is 1. The van der Waals surface area contributed by atoms with E-state index >= 15 is 0 Å². The van der Waals surface area contributed by atoms with Gasteiger partial charge < -0.3 is 15.6 Å². The minimum atomic E-state index is -3.96. The van der Waals surface area contributed by atoms with Crippen LogP contribution in [0.5, 0.6) is 11.6 Å². The lowest BCUT2D eigenvalue weighted by Crippen LogP contribution is -2.42. The molecule has 1 saturated carbocycles. The second kappa shape index (κ2) is 11.2. The van der Waals surface area contributed by atoms with Crippen LogP contribution in [0, 0.1) is 0 Å². The van der Waals surface area contributed by atoms with Crippen LogP contribution < -0.4 is 10.5 Å². The van der Waals surface area contributed by atoms with Crippen molar-refractivity contribution < 1.29 is 23.1 Å². The van der Waals surface area contributed by atoms with Crippen LogP contribution in [-0.4, -0.2) is 54.1 Å². The molecule has 0 radical (unpaired) electrons. The van der Waals surface area contributed by atoms with Crippen LogP contribution in [0.1, 0.15) is 44.6 Å². The Morgan fingerprint density at radius 2 is 2.06 bits per heavy atom. The number of ether oxygens (including phenoxy) is 1. The molecule has 1 aliphatic carbocycles. The first kappa shape index (κ1) is 26.7. The third-order valence-electron chi connectivity index (χ3n) is 5.79. The molecule has 1 atom stereocenters. The number of benzene rings is 1. The highest BCUT2D eigenvalue weighted by Crippen LogP contribution is 2.33. The minimum Gasteiger partial charge on any atom is -0.480 e. The maximum Gasteiger partial charge on any atom is 0.325 e.